The predicted octanol–water partition coefficient (Wildman–Crippen LogP) is 1.43. The second kappa shape index (κ2) is 4.61. The number of carbonyl (C=O) groups is 2. The van der Waals surface area contributed by atoms with E-state index in [4.69, 9.17) is 5.11 Å². The summed E-state index contributed by atoms with van der Waals surface area (Å²) in [6.07, 6.45) is 0.325. The van der Waals surface area contributed by atoms with Crippen LogP contribution < -0.4 is 5.32 Å². The largest absolute Gasteiger partial charge is 0.480 e. The fraction of sp³-hybridized carbons (Fsp3) is 0.500. The fourth-order valence-corrected chi connectivity index (χ4v) is 1.82. The van der Waals surface area contributed by atoms with Crippen LogP contribution in [0.25, 0.3) is 0 Å². The van der Waals surface area contributed by atoms with Crippen molar-refractivity contribution < 1.29 is 14.7 Å². The van der Waals surface area contributed by atoms with Gasteiger partial charge in [-0.1, -0.05) is 6.92 Å². The topological polar surface area (TPSA) is 79.3 Å². The van der Waals surface area contributed by atoms with E-state index in [-0.39, 0.29) is 5.91 Å². The van der Waals surface area contributed by atoms with Gasteiger partial charge in [-0.25, -0.2) is 9.78 Å². The van der Waals surface area contributed by atoms with Crippen LogP contribution in [-0.4, -0.2) is 27.5 Å². The Morgan fingerprint density at radius 2 is 2.25 bits per heavy atom. The summed E-state index contributed by atoms with van der Waals surface area (Å²) in [4.78, 5) is 27.2. The van der Waals surface area contributed by atoms with Crippen molar-refractivity contribution in [3.05, 3.63) is 16.1 Å². The van der Waals surface area contributed by atoms with E-state index in [9.17, 15) is 9.59 Å². The van der Waals surface area contributed by atoms with Crippen LogP contribution in [0, 0.1) is 6.92 Å². The fourth-order valence-electron chi connectivity index (χ4n) is 1.12. The van der Waals surface area contributed by atoms with Gasteiger partial charge in [0, 0.05) is 0 Å². The quantitative estimate of drug-likeness (QED) is 0.837. The highest BCUT2D eigenvalue weighted by Crippen LogP contribution is 2.15. The Morgan fingerprint density at radius 3 is 2.62 bits per heavy atom. The minimum absolute atomic E-state index is 0.325. The van der Waals surface area contributed by atoms with Crippen LogP contribution in [0.15, 0.2) is 5.51 Å². The molecule has 6 heteroatoms. The van der Waals surface area contributed by atoms with Gasteiger partial charge in [0.05, 0.1) is 11.2 Å². The summed E-state index contributed by atoms with van der Waals surface area (Å²) < 4.78 is 0. The van der Waals surface area contributed by atoms with Crippen molar-refractivity contribution in [3.63, 3.8) is 0 Å². The van der Waals surface area contributed by atoms with E-state index in [1.807, 2.05) is 0 Å². The van der Waals surface area contributed by atoms with E-state index in [0.717, 1.165) is 0 Å². The molecule has 5 nitrogen and oxygen atoms in total. The van der Waals surface area contributed by atoms with Crippen molar-refractivity contribution in [1.82, 2.24) is 10.3 Å². The van der Waals surface area contributed by atoms with Crippen LogP contribution in [0.5, 0.6) is 0 Å². The van der Waals surface area contributed by atoms with Crippen LogP contribution in [0.4, 0.5) is 0 Å². The smallest absolute Gasteiger partial charge is 0.329 e. The first kappa shape index (κ1) is 12.6. The van der Waals surface area contributed by atoms with Gasteiger partial charge >= 0.3 is 5.97 Å². The van der Waals surface area contributed by atoms with Gasteiger partial charge in [0.25, 0.3) is 5.91 Å². The third-order valence-electron chi connectivity index (χ3n) is 2.52. The number of aliphatic carboxylic acids is 1. The number of carboxylic acid groups (broad SMARTS) is 1. The maximum atomic E-state index is 11.8. The number of carbonyl (C=O) groups excluding carboxylic acids is 1. The maximum Gasteiger partial charge on any atom is 0.329 e. The number of carboxylic acids is 1. The number of thiazole rings is 1. The van der Waals surface area contributed by atoms with Gasteiger partial charge in [0.1, 0.15) is 10.4 Å². The normalized spacial score (nSPS) is 14.2. The van der Waals surface area contributed by atoms with Crippen molar-refractivity contribution >= 4 is 23.2 Å². The van der Waals surface area contributed by atoms with Crippen LogP contribution in [0.2, 0.25) is 0 Å². The van der Waals surface area contributed by atoms with Crippen molar-refractivity contribution in [2.75, 3.05) is 0 Å². The highest BCUT2D eigenvalue weighted by Gasteiger charge is 2.33. The van der Waals surface area contributed by atoms with E-state index in [1.54, 1.807) is 19.4 Å². The molecular formula is C10H14N2O3S. The molecule has 0 fully saturated rings. The summed E-state index contributed by atoms with van der Waals surface area (Å²) in [6.45, 7) is 4.92. The summed E-state index contributed by atoms with van der Waals surface area (Å²) in [5.41, 5.74) is 0.952. The van der Waals surface area contributed by atoms with E-state index in [2.05, 4.69) is 10.3 Å². The Morgan fingerprint density at radius 1 is 1.62 bits per heavy atom. The summed E-state index contributed by atoms with van der Waals surface area (Å²) in [5.74, 6) is -1.42. The maximum absolute atomic E-state index is 11.8. The molecule has 0 bridgehead atoms. The van der Waals surface area contributed by atoms with Crippen molar-refractivity contribution in [2.45, 2.75) is 32.7 Å². The molecule has 0 saturated carbocycles. The zero-order chi connectivity index (χ0) is 12.3. The minimum Gasteiger partial charge on any atom is -0.480 e. The number of amides is 1. The molecule has 1 amide bonds. The molecule has 1 aromatic rings. The Hall–Kier alpha value is -1.43. The summed E-state index contributed by atoms with van der Waals surface area (Å²) in [5, 5.41) is 11.5. The monoisotopic (exact) mass is 242 g/mol. The molecule has 0 aromatic carbocycles. The van der Waals surface area contributed by atoms with E-state index < -0.39 is 11.5 Å². The minimum atomic E-state index is -1.23. The van der Waals surface area contributed by atoms with Crippen molar-refractivity contribution in [2.24, 2.45) is 0 Å². The van der Waals surface area contributed by atoms with Crippen LogP contribution >= 0.6 is 11.3 Å². The SMILES string of the molecule is CCC(C)(NC(=O)c1scnc1C)C(=O)O. The number of nitrogens with zero attached hydrogens (tertiary/aromatic N) is 1. The predicted molar refractivity (Wildman–Crippen MR) is 60.6 cm³/mol. The van der Waals surface area contributed by atoms with Gasteiger partial charge in [-0.3, -0.25) is 4.79 Å². The number of rotatable bonds is 4. The molecular weight excluding hydrogens is 228 g/mol. The molecule has 1 aromatic heterocycles. The van der Waals surface area contributed by atoms with Crippen LogP contribution in [0.1, 0.15) is 35.6 Å². The first-order valence-electron chi connectivity index (χ1n) is 4.86. The Labute approximate surface area is 97.5 Å². The Balaban J connectivity index is 2.86. The van der Waals surface area contributed by atoms with Gasteiger partial charge in [0.15, 0.2) is 0 Å². The van der Waals surface area contributed by atoms with Crippen molar-refractivity contribution in [1.29, 1.82) is 0 Å². The number of nitrogens with one attached hydrogen (secondary N) is 1. The lowest BCUT2D eigenvalue weighted by atomic mass is 9.99. The third kappa shape index (κ3) is 2.38. The molecule has 1 heterocycles. The summed E-state index contributed by atoms with van der Waals surface area (Å²) in [6, 6.07) is 0. The van der Waals surface area contributed by atoms with Crippen LogP contribution in [-0.2, 0) is 4.79 Å². The highest BCUT2D eigenvalue weighted by molar-refractivity contribution is 7.11. The third-order valence-corrected chi connectivity index (χ3v) is 3.45. The second-order valence-corrected chi connectivity index (χ2v) is 4.57. The zero-order valence-electron chi connectivity index (χ0n) is 9.40. The van der Waals surface area contributed by atoms with Gasteiger partial charge in [-0.2, -0.15) is 0 Å². The molecule has 1 unspecified atom stereocenters. The number of hydrogen-bond acceptors (Lipinski definition) is 4. The van der Waals surface area contributed by atoms with E-state index in [0.29, 0.717) is 17.0 Å². The molecule has 1 rings (SSSR count). The van der Waals surface area contributed by atoms with Gasteiger partial charge in [0.2, 0.25) is 0 Å². The first-order valence-corrected chi connectivity index (χ1v) is 5.74. The Bertz CT molecular complexity index is 416. The summed E-state index contributed by atoms with van der Waals surface area (Å²) >= 11 is 1.20. The number of hydrogen-bond donors (Lipinski definition) is 2. The van der Waals surface area contributed by atoms with Gasteiger partial charge < -0.3 is 10.4 Å². The average molecular weight is 242 g/mol. The molecule has 16 heavy (non-hydrogen) atoms. The lowest BCUT2D eigenvalue weighted by Gasteiger charge is -2.24. The molecule has 0 aliphatic heterocycles. The van der Waals surface area contributed by atoms with Gasteiger partial charge in [-0.15, -0.1) is 11.3 Å². The Kier molecular flexibility index (Phi) is 3.64. The molecule has 0 saturated heterocycles. The van der Waals surface area contributed by atoms with Gasteiger partial charge in [-0.05, 0) is 20.3 Å². The molecule has 0 spiro atoms. The lowest BCUT2D eigenvalue weighted by Crippen LogP contribution is -2.51. The first-order chi connectivity index (χ1) is 7.40. The van der Waals surface area contributed by atoms with E-state index >= 15 is 0 Å². The molecule has 1 atom stereocenters. The molecule has 2 N–H and O–H groups in total. The lowest BCUT2D eigenvalue weighted by molar-refractivity contribution is -0.143. The highest BCUT2D eigenvalue weighted by atomic mass is 32.1. The molecule has 0 radical (unpaired) electrons. The van der Waals surface area contributed by atoms with Crippen LogP contribution in [0.3, 0.4) is 0 Å². The van der Waals surface area contributed by atoms with Crippen molar-refractivity contribution in [3.8, 4) is 0 Å². The average Bonchev–Trinajstić information content (AvgIpc) is 2.64. The number of aryl methyl sites for hydroxylation is 1. The molecule has 0 aliphatic rings. The molecule has 0 aliphatic carbocycles. The molecule has 88 valence electrons. The summed E-state index contributed by atoms with van der Waals surface area (Å²) in [7, 11) is 0. The second-order valence-electron chi connectivity index (χ2n) is 3.71. The number of aromatic nitrogens is 1. The standard InChI is InChI=1S/C10H14N2O3S/c1-4-10(3,9(14)15)12-8(13)7-6(2)11-5-16-7/h5H,4H2,1-3H3,(H,12,13)(H,14,15). The zero-order valence-corrected chi connectivity index (χ0v) is 10.2. The van der Waals surface area contributed by atoms with E-state index in [1.165, 1.54) is 18.3 Å².